The summed E-state index contributed by atoms with van der Waals surface area (Å²) in [6.45, 7) is 5.31. The summed E-state index contributed by atoms with van der Waals surface area (Å²) >= 11 is 0. The minimum atomic E-state index is -3.97. The van der Waals surface area contributed by atoms with E-state index in [1.54, 1.807) is 19.2 Å². The van der Waals surface area contributed by atoms with E-state index < -0.39 is 27.4 Å². The normalized spacial score (nSPS) is 18.9. The Hall–Kier alpha value is -3.43. The van der Waals surface area contributed by atoms with Crippen molar-refractivity contribution in [3.8, 4) is 16.9 Å². The van der Waals surface area contributed by atoms with E-state index in [9.17, 15) is 22.7 Å². The van der Waals surface area contributed by atoms with E-state index in [2.05, 4.69) is 18.7 Å². The number of sulfonamides is 1. The van der Waals surface area contributed by atoms with Crippen molar-refractivity contribution < 1.29 is 27.4 Å². The topological polar surface area (TPSA) is 87.1 Å². The van der Waals surface area contributed by atoms with Gasteiger partial charge in [0.25, 0.3) is 0 Å². The van der Waals surface area contributed by atoms with E-state index in [4.69, 9.17) is 4.74 Å². The van der Waals surface area contributed by atoms with E-state index in [0.717, 1.165) is 63.1 Å². The third kappa shape index (κ3) is 7.36. The molecule has 242 valence electrons. The molecule has 2 aliphatic rings. The number of fused-ring (bicyclic) bond motifs is 1. The zero-order valence-electron chi connectivity index (χ0n) is 26.5. The van der Waals surface area contributed by atoms with Crippen LogP contribution in [0.5, 0.6) is 5.75 Å². The second-order valence-electron chi connectivity index (χ2n) is 12.8. The molecule has 1 aliphatic heterocycles. The van der Waals surface area contributed by atoms with Crippen molar-refractivity contribution in [2.45, 2.75) is 82.6 Å². The van der Waals surface area contributed by atoms with Gasteiger partial charge in [0.05, 0.1) is 17.9 Å². The first-order chi connectivity index (χ1) is 21.6. The van der Waals surface area contributed by atoms with E-state index in [1.165, 1.54) is 22.9 Å². The highest BCUT2D eigenvalue weighted by atomic mass is 32.2. The van der Waals surface area contributed by atoms with Crippen LogP contribution >= 0.6 is 0 Å². The highest BCUT2D eigenvalue weighted by Crippen LogP contribution is 2.45. The molecule has 3 aromatic rings. The molecular weight excluding hydrogens is 591 g/mol. The summed E-state index contributed by atoms with van der Waals surface area (Å²) in [6, 6.07) is 16.8. The number of rotatable bonds is 11. The van der Waals surface area contributed by atoms with Crippen LogP contribution in [-0.4, -0.2) is 50.0 Å². The number of likely N-dealkylation sites (N-methyl/N-ethyl adjacent to an activating group) is 1. The Morgan fingerprint density at radius 1 is 1.00 bits per heavy atom. The molecule has 0 spiro atoms. The Morgan fingerprint density at radius 2 is 1.73 bits per heavy atom. The molecular formula is C36H45FN2O5S. The lowest BCUT2D eigenvalue weighted by Crippen LogP contribution is -2.46. The zero-order valence-corrected chi connectivity index (χ0v) is 27.4. The molecule has 9 heteroatoms. The van der Waals surface area contributed by atoms with Crippen LogP contribution in [0.3, 0.4) is 0 Å². The first kappa shape index (κ1) is 32.9. The number of anilines is 2. The number of carbonyl (C=O) groups is 1. The number of carboxylic acids is 1. The van der Waals surface area contributed by atoms with Crippen molar-refractivity contribution >= 4 is 27.4 Å². The van der Waals surface area contributed by atoms with Gasteiger partial charge in [-0.2, -0.15) is 4.31 Å². The van der Waals surface area contributed by atoms with Crippen LogP contribution in [0, 0.1) is 17.7 Å². The maximum Gasteiger partial charge on any atom is 0.338 e. The fourth-order valence-corrected chi connectivity index (χ4v) is 8.34. The van der Waals surface area contributed by atoms with Gasteiger partial charge in [-0.15, -0.1) is 0 Å². The summed E-state index contributed by atoms with van der Waals surface area (Å²) in [4.78, 5) is 14.0. The summed E-state index contributed by atoms with van der Waals surface area (Å²) in [5.41, 5.74) is 1.71. The Morgan fingerprint density at radius 3 is 2.42 bits per heavy atom. The maximum absolute atomic E-state index is 14.5. The van der Waals surface area contributed by atoms with Crippen LogP contribution < -0.4 is 9.64 Å². The highest BCUT2D eigenvalue weighted by Gasteiger charge is 2.41. The van der Waals surface area contributed by atoms with Crippen LogP contribution in [0.4, 0.5) is 15.8 Å². The third-order valence-electron chi connectivity index (χ3n) is 9.30. The van der Waals surface area contributed by atoms with Crippen molar-refractivity contribution in [2.24, 2.45) is 11.8 Å². The Kier molecular flexibility index (Phi) is 10.5. The van der Waals surface area contributed by atoms with Crippen molar-refractivity contribution in [1.29, 1.82) is 0 Å². The van der Waals surface area contributed by atoms with Crippen molar-refractivity contribution in [3.05, 3.63) is 72.0 Å². The lowest BCUT2D eigenvalue weighted by atomic mass is 9.83. The van der Waals surface area contributed by atoms with Gasteiger partial charge in [0.15, 0.2) is 0 Å². The molecule has 1 aliphatic carbocycles. The molecule has 3 aromatic carbocycles. The predicted octanol–water partition coefficient (Wildman–Crippen LogP) is 8.51. The first-order valence-corrected chi connectivity index (χ1v) is 17.7. The quantitative estimate of drug-likeness (QED) is 0.212. The monoisotopic (exact) mass is 636 g/mol. The minimum Gasteiger partial charge on any atom is -0.493 e. The third-order valence-corrected chi connectivity index (χ3v) is 11.2. The Bertz CT molecular complexity index is 1590. The summed E-state index contributed by atoms with van der Waals surface area (Å²) < 4.78 is 51.3. The average molecular weight is 637 g/mol. The number of benzene rings is 3. The van der Waals surface area contributed by atoms with Gasteiger partial charge in [-0.25, -0.2) is 17.6 Å². The van der Waals surface area contributed by atoms with Crippen molar-refractivity contribution in [1.82, 2.24) is 4.31 Å². The molecule has 0 radical (unpaired) electrons. The minimum absolute atomic E-state index is 0.118. The van der Waals surface area contributed by atoms with Crippen molar-refractivity contribution in [3.63, 3.8) is 0 Å². The lowest BCUT2D eigenvalue weighted by Gasteiger charge is -2.36. The molecule has 5 rings (SSSR count). The van der Waals surface area contributed by atoms with Gasteiger partial charge in [0.1, 0.15) is 16.5 Å². The van der Waals surface area contributed by atoms with Crippen LogP contribution in [0.2, 0.25) is 0 Å². The molecule has 0 unspecified atom stereocenters. The summed E-state index contributed by atoms with van der Waals surface area (Å²) in [5, 5.41) is 9.65. The number of carboxylic acid groups (broad SMARTS) is 1. The number of halogens is 1. The number of aromatic carboxylic acids is 1. The van der Waals surface area contributed by atoms with E-state index in [1.807, 2.05) is 30.3 Å². The second-order valence-corrected chi connectivity index (χ2v) is 14.8. The van der Waals surface area contributed by atoms with E-state index in [0.29, 0.717) is 41.6 Å². The van der Waals surface area contributed by atoms with Gasteiger partial charge < -0.3 is 14.7 Å². The fraction of sp³-hybridized carbons (Fsp3) is 0.472. The number of ether oxygens (including phenoxy) is 1. The van der Waals surface area contributed by atoms with Crippen LogP contribution in [0.15, 0.2) is 65.6 Å². The van der Waals surface area contributed by atoms with Gasteiger partial charge >= 0.3 is 5.97 Å². The Balaban J connectivity index is 1.65. The summed E-state index contributed by atoms with van der Waals surface area (Å²) in [5.74, 6) is -0.947. The number of para-hydroxylation sites is 1. The largest absolute Gasteiger partial charge is 0.493 e. The van der Waals surface area contributed by atoms with Gasteiger partial charge in [-0.3, -0.25) is 0 Å². The molecule has 7 nitrogen and oxygen atoms in total. The van der Waals surface area contributed by atoms with E-state index >= 15 is 0 Å². The van der Waals surface area contributed by atoms with Crippen molar-refractivity contribution in [2.75, 3.05) is 25.1 Å². The predicted molar refractivity (Wildman–Crippen MR) is 176 cm³/mol. The van der Waals surface area contributed by atoms with E-state index in [-0.39, 0.29) is 16.9 Å². The number of unbranched alkanes of at least 4 members (excludes halogenated alkanes) is 2. The second kappa shape index (κ2) is 14.3. The molecule has 0 aromatic heterocycles. The SMILES string of the molecule is CC(C)CCCCCOc1cc2c(cc1-c1ccc(F)c(C(=O)O)c1)S(=O)(=O)N(C)[C@H](C1CCCCC1)CN2c1ccccc1. The molecule has 1 heterocycles. The number of nitrogens with zero attached hydrogens (tertiary/aromatic N) is 2. The molecule has 1 saturated carbocycles. The first-order valence-electron chi connectivity index (χ1n) is 16.2. The number of hydrogen-bond donors (Lipinski definition) is 1. The Labute approximate surface area is 267 Å². The van der Waals surface area contributed by atoms with Crippen LogP contribution in [0.25, 0.3) is 11.1 Å². The van der Waals surface area contributed by atoms with Gasteiger partial charge in [0.2, 0.25) is 10.0 Å². The molecule has 1 N–H and O–H groups in total. The zero-order chi connectivity index (χ0) is 32.1. The lowest BCUT2D eigenvalue weighted by molar-refractivity contribution is 0.0692. The summed E-state index contributed by atoms with van der Waals surface area (Å²) in [7, 11) is -2.30. The molecule has 1 fully saturated rings. The molecule has 0 amide bonds. The van der Waals surface area contributed by atoms with Gasteiger partial charge in [0, 0.05) is 37.0 Å². The van der Waals surface area contributed by atoms with Gasteiger partial charge in [-0.05, 0) is 67.0 Å². The summed E-state index contributed by atoms with van der Waals surface area (Å²) in [6.07, 6.45) is 9.34. The number of hydrogen-bond acceptors (Lipinski definition) is 5. The smallest absolute Gasteiger partial charge is 0.338 e. The standard InChI is InChI=1S/C36H45FN2O5S/c1-25(2)13-7-6-12-20-44-34-23-32-35(22-29(34)27-18-19-31(37)30(21-27)36(40)41)45(42,43)38(3)33(26-14-8-4-9-15-26)24-39(32)28-16-10-5-11-17-28/h5,10-11,16-19,21-23,25-26,33H,4,6-9,12-15,20,24H2,1-3H3,(H,40,41)/t33-/m0/s1. The molecule has 0 bridgehead atoms. The molecule has 0 saturated heterocycles. The van der Waals surface area contributed by atoms with Gasteiger partial charge in [-0.1, -0.05) is 76.6 Å². The van der Waals surface area contributed by atoms with Crippen LogP contribution in [-0.2, 0) is 10.0 Å². The molecule has 45 heavy (non-hydrogen) atoms. The van der Waals surface area contributed by atoms with Crippen LogP contribution in [0.1, 0.15) is 82.0 Å². The molecule has 1 atom stereocenters. The fourth-order valence-electron chi connectivity index (χ4n) is 6.73. The maximum atomic E-state index is 14.5. The average Bonchev–Trinajstić information content (AvgIpc) is 3.11. The highest BCUT2D eigenvalue weighted by molar-refractivity contribution is 7.89.